The number of nitrogens with zero attached hydrogens (tertiary/aromatic N) is 1. The zero-order chi connectivity index (χ0) is 25.0. The highest BCUT2D eigenvalue weighted by molar-refractivity contribution is 5.94. The Labute approximate surface area is 198 Å². The minimum absolute atomic E-state index is 0.123. The average molecular weight is 455 g/mol. The van der Waals surface area contributed by atoms with Gasteiger partial charge in [0.2, 0.25) is 0 Å². The number of aromatic hydroxyl groups is 1. The molecule has 180 valence electrons. The number of phenolic OH excluding ortho intramolecular Hbond substituents is 1. The Morgan fingerprint density at radius 1 is 0.909 bits per heavy atom. The smallest absolute Gasteiger partial charge is 0.411 e. The Bertz CT molecular complexity index is 967. The van der Waals surface area contributed by atoms with Gasteiger partial charge in [0.15, 0.2) is 0 Å². The Kier molecular flexibility index (Phi) is 7.83. The van der Waals surface area contributed by atoms with Gasteiger partial charge in [-0.05, 0) is 97.2 Å². The number of nitrogens with one attached hydrogen (secondary N) is 1. The van der Waals surface area contributed by atoms with Crippen LogP contribution in [0, 0.1) is 0 Å². The molecule has 6 nitrogen and oxygen atoms in total. The van der Waals surface area contributed by atoms with E-state index in [4.69, 9.17) is 4.74 Å². The van der Waals surface area contributed by atoms with Crippen molar-refractivity contribution in [2.75, 3.05) is 0 Å². The molecule has 2 rings (SSSR count). The Morgan fingerprint density at radius 2 is 1.48 bits per heavy atom. The fraction of sp³-hybridized carbons (Fsp3) is 0.481. The number of carbonyl (C=O) groups is 2. The summed E-state index contributed by atoms with van der Waals surface area (Å²) in [5.41, 5.74) is 1.01. The maximum atomic E-state index is 13.1. The third-order valence-corrected chi connectivity index (χ3v) is 5.06. The topological polar surface area (TPSA) is 78.9 Å². The minimum atomic E-state index is -0.577. The van der Waals surface area contributed by atoms with E-state index in [2.05, 4.69) is 11.4 Å². The van der Waals surface area contributed by atoms with Crippen LogP contribution < -0.4 is 5.32 Å². The van der Waals surface area contributed by atoms with Crippen LogP contribution in [0.25, 0.3) is 0 Å². The zero-order valence-electron chi connectivity index (χ0n) is 21.2. The van der Waals surface area contributed by atoms with Gasteiger partial charge in [-0.2, -0.15) is 0 Å². The highest BCUT2D eigenvalue weighted by Gasteiger charge is 2.41. The van der Waals surface area contributed by atoms with E-state index in [9.17, 15) is 14.7 Å². The van der Waals surface area contributed by atoms with Gasteiger partial charge in [-0.25, -0.2) is 4.79 Å². The molecule has 2 aromatic rings. The van der Waals surface area contributed by atoms with Crippen LogP contribution in [0.15, 0.2) is 48.5 Å². The summed E-state index contributed by atoms with van der Waals surface area (Å²) in [6, 6.07) is 14.2. The molecule has 0 saturated heterocycles. The van der Waals surface area contributed by atoms with Crippen LogP contribution in [0.2, 0.25) is 0 Å². The molecule has 2 aromatic carbocycles. The van der Waals surface area contributed by atoms with E-state index in [0.29, 0.717) is 18.5 Å². The summed E-state index contributed by atoms with van der Waals surface area (Å²) in [5, 5.41) is 12.3. The van der Waals surface area contributed by atoms with E-state index >= 15 is 0 Å². The van der Waals surface area contributed by atoms with Crippen molar-refractivity contribution < 1.29 is 19.4 Å². The fourth-order valence-corrected chi connectivity index (χ4v) is 4.06. The van der Waals surface area contributed by atoms with Crippen LogP contribution in [0.3, 0.4) is 0 Å². The van der Waals surface area contributed by atoms with E-state index in [1.807, 2.05) is 78.5 Å². The van der Waals surface area contributed by atoms with Crippen molar-refractivity contribution in [2.24, 2.45) is 0 Å². The van der Waals surface area contributed by atoms with Gasteiger partial charge in [0.05, 0.1) is 0 Å². The Balaban J connectivity index is 2.15. The SMILES string of the molecule is CC(C)(C)OC(=O)N(C(C)(C)C)C(C)(C)Cc1cccc(CNC(=O)c2ccc(O)cc2)c1. The monoisotopic (exact) mass is 454 g/mol. The molecule has 0 aliphatic heterocycles. The second-order valence-corrected chi connectivity index (χ2v) is 11.0. The van der Waals surface area contributed by atoms with Crippen molar-refractivity contribution in [3.8, 4) is 5.75 Å². The largest absolute Gasteiger partial charge is 0.508 e. The number of ether oxygens (including phenoxy) is 1. The minimum Gasteiger partial charge on any atom is -0.508 e. The van der Waals surface area contributed by atoms with E-state index in [1.165, 1.54) is 12.1 Å². The molecule has 0 unspecified atom stereocenters. The first-order valence-electron chi connectivity index (χ1n) is 11.3. The molecule has 0 aliphatic rings. The van der Waals surface area contributed by atoms with E-state index in [-0.39, 0.29) is 17.7 Å². The van der Waals surface area contributed by atoms with E-state index < -0.39 is 16.7 Å². The van der Waals surface area contributed by atoms with Gasteiger partial charge in [-0.15, -0.1) is 0 Å². The van der Waals surface area contributed by atoms with Gasteiger partial charge in [0, 0.05) is 23.2 Å². The second-order valence-electron chi connectivity index (χ2n) is 11.0. The molecule has 0 atom stereocenters. The van der Waals surface area contributed by atoms with Crippen LogP contribution in [0.1, 0.15) is 76.9 Å². The zero-order valence-corrected chi connectivity index (χ0v) is 21.2. The molecule has 33 heavy (non-hydrogen) atoms. The first-order chi connectivity index (χ1) is 15.1. The van der Waals surface area contributed by atoms with Crippen LogP contribution in [-0.2, 0) is 17.7 Å². The quantitative estimate of drug-likeness (QED) is 0.589. The molecule has 2 amide bonds. The number of hydrogen-bond donors (Lipinski definition) is 2. The normalized spacial score (nSPS) is 12.2. The standard InChI is InChI=1S/C27H38N2O4/c1-25(2,3)29(24(32)33-26(4,5)6)27(7,8)17-19-10-9-11-20(16-19)18-28-23(31)21-12-14-22(30)15-13-21/h9-16,30H,17-18H2,1-8H3,(H,28,31). The van der Waals surface area contributed by atoms with Crippen molar-refractivity contribution in [1.82, 2.24) is 10.2 Å². The van der Waals surface area contributed by atoms with Crippen molar-refractivity contribution in [2.45, 2.75) is 85.0 Å². The lowest BCUT2D eigenvalue weighted by molar-refractivity contribution is -0.0261. The molecule has 0 bridgehead atoms. The maximum Gasteiger partial charge on any atom is 0.411 e. The lowest BCUT2D eigenvalue weighted by atomic mass is 9.88. The Hall–Kier alpha value is -3.02. The van der Waals surface area contributed by atoms with Gasteiger partial charge in [0.25, 0.3) is 5.91 Å². The third kappa shape index (κ3) is 7.81. The summed E-state index contributed by atoms with van der Waals surface area (Å²) in [7, 11) is 0. The second kappa shape index (κ2) is 9.86. The third-order valence-electron chi connectivity index (χ3n) is 5.06. The summed E-state index contributed by atoms with van der Waals surface area (Å²) in [6.07, 6.45) is 0.292. The number of rotatable bonds is 6. The van der Waals surface area contributed by atoms with Gasteiger partial charge in [-0.1, -0.05) is 24.3 Å². The predicted molar refractivity (Wildman–Crippen MR) is 131 cm³/mol. The number of carbonyl (C=O) groups excluding carboxylic acids is 2. The highest BCUT2D eigenvalue weighted by Crippen LogP contribution is 2.30. The summed E-state index contributed by atoms with van der Waals surface area (Å²) in [5.74, 6) is -0.0814. The molecule has 6 heteroatoms. The van der Waals surface area contributed by atoms with Gasteiger partial charge < -0.3 is 15.2 Å². The summed E-state index contributed by atoms with van der Waals surface area (Å²) < 4.78 is 5.71. The van der Waals surface area contributed by atoms with E-state index in [0.717, 1.165) is 11.1 Å². The van der Waals surface area contributed by atoms with Crippen molar-refractivity contribution in [1.29, 1.82) is 0 Å². The molecule has 0 fully saturated rings. The van der Waals surface area contributed by atoms with Crippen molar-refractivity contribution >= 4 is 12.0 Å². The fourth-order valence-electron chi connectivity index (χ4n) is 4.06. The van der Waals surface area contributed by atoms with Gasteiger partial charge >= 0.3 is 6.09 Å². The molecule has 0 radical (unpaired) electrons. The number of amides is 2. The summed E-state index contributed by atoms with van der Waals surface area (Å²) >= 11 is 0. The molecule has 0 aliphatic carbocycles. The summed E-state index contributed by atoms with van der Waals surface area (Å²) in [6.45, 7) is 16.1. The lowest BCUT2D eigenvalue weighted by Crippen LogP contribution is -2.59. The lowest BCUT2D eigenvalue weighted by Gasteiger charge is -2.47. The van der Waals surface area contributed by atoms with Crippen LogP contribution >= 0.6 is 0 Å². The number of phenols is 1. The molecular formula is C27H38N2O4. The highest BCUT2D eigenvalue weighted by atomic mass is 16.6. The average Bonchev–Trinajstić information content (AvgIpc) is 2.63. The van der Waals surface area contributed by atoms with Crippen LogP contribution in [0.5, 0.6) is 5.75 Å². The van der Waals surface area contributed by atoms with Crippen molar-refractivity contribution in [3.63, 3.8) is 0 Å². The molecule has 2 N–H and O–H groups in total. The van der Waals surface area contributed by atoms with Crippen LogP contribution in [-0.4, -0.2) is 38.7 Å². The van der Waals surface area contributed by atoms with Gasteiger partial charge in [0.1, 0.15) is 11.4 Å². The first kappa shape index (κ1) is 26.2. The summed E-state index contributed by atoms with van der Waals surface area (Å²) in [4.78, 5) is 27.3. The molecule has 0 saturated carbocycles. The Morgan fingerprint density at radius 3 is 2.03 bits per heavy atom. The number of hydrogen-bond acceptors (Lipinski definition) is 4. The maximum absolute atomic E-state index is 13.1. The molecular weight excluding hydrogens is 416 g/mol. The van der Waals surface area contributed by atoms with Gasteiger partial charge in [-0.3, -0.25) is 9.69 Å². The predicted octanol–water partition coefficient (Wildman–Crippen LogP) is 5.68. The molecule has 0 aromatic heterocycles. The first-order valence-corrected chi connectivity index (χ1v) is 11.3. The van der Waals surface area contributed by atoms with Crippen LogP contribution in [0.4, 0.5) is 4.79 Å². The molecule has 0 spiro atoms. The number of benzene rings is 2. The molecule has 0 heterocycles. The van der Waals surface area contributed by atoms with E-state index in [1.54, 1.807) is 12.1 Å². The van der Waals surface area contributed by atoms with Crippen molar-refractivity contribution in [3.05, 3.63) is 65.2 Å².